The van der Waals surface area contributed by atoms with Crippen LogP contribution >= 0.6 is 0 Å². The first-order valence-corrected chi connectivity index (χ1v) is 11.9. The molecule has 1 N–H and O–H groups in total. The highest BCUT2D eigenvalue weighted by atomic mass is 16.6. The Labute approximate surface area is 205 Å². The van der Waals surface area contributed by atoms with Crippen LogP contribution < -0.4 is 20.1 Å². The third kappa shape index (κ3) is 6.27. The van der Waals surface area contributed by atoms with E-state index in [1.807, 2.05) is 70.3 Å². The Morgan fingerprint density at radius 2 is 1.91 bits per heavy atom. The molecule has 0 aliphatic carbocycles. The Morgan fingerprint density at radius 1 is 1.14 bits per heavy atom. The van der Waals surface area contributed by atoms with Gasteiger partial charge in [-0.2, -0.15) is 4.79 Å². The molecule has 1 saturated heterocycles. The number of nitrogens with zero attached hydrogens (tertiary/aromatic N) is 3. The van der Waals surface area contributed by atoms with E-state index in [0.717, 1.165) is 29.2 Å². The van der Waals surface area contributed by atoms with Crippen LogP contribution in [0.5, 0.6) is 5.75 Å². The molecule has 3 heterocycles. The van der Waals surface area contributed by atoms with E-state index in [9.17, 15) is 9.59 Å². The minimum atomic E-state index is -0.502. The minimum absolute atomic E-state index is 0.136. The molecule has 1 aliphatic rings. The second-order valence-corrected chi connectivity index (χ2v) is 9.84. The molecule has 2 unspecified atom stereocenters. The highest BCUT2D eigenvalue weighted by molar-refractivity contribution is 5.57. The number of quaternary nitrogens is 1. The van der Waals surface area contributed by atoms with Crippen molar-refractivity contribution >= 4 is 11.9 Å². The number of rotatable bonds is 6. The van der Waals surface area contributed by atoms with Gasteiger partial charge in [-0.25, -0.2) is 9.88 Å². The average Bonchev–Trinajstić information content (AvgIpc) is 3.32. The van der Waals surface area contributed by atoms with Crippen molar-refractivity contribution in [3.63, 3.8) is 0 Å². The van der Waals surface area contributed by atoms with Gasteiger partial charge in [-0.3, -0.25) is 9.36 Å². The molecular weight excluding hydrogens is 444 g/mol. The topological polar surface area (TPSA) is 78.1 Å². The maximum Gasteiger partial charge on any atom is 0.514 e. The summed E-state index contributed by atoms with van der Waals surface area (Å²) in [6.45, 7) is 7.56. The SMILES string of the molecule is C[NH+](C(=O)OC(C)(C)C)C1CCN(c2ccc(-n3ccc(OCc4ccccc4)cc3=O)cn2)C1. The lowest BCUT2D eigenvalue weighted by Crippen LogP contribution is -3.16. The van der Waals surface area contributed by atoms with Crippen LogP contribution in [0.4, 0.5) is 10.6 Å². The van der Waals surface area contributed by atoms with Crippen molar-refractivity contribution in [2.45, 2.75) is 45.4 Å². The van der Waals surface area contributed by atoms with Gasteiger partial charge in [0, 0.05) is 25.2 Å². The number of benzene rings is 1. The maximum atomic E-state index is 12.7. The van der Waals surface area contributed by atoms with Crippen molar-refractivity contribution in [1.82, 2.24) is 9.55 Å². The van der Waals surface area contributed by atoms with E-state index in [1.54, 1.807) is 23.0 Å². The molecule has 8 heteroatoms. The highest BCUT2D eigenvalue weighted by Crippen LogP contribution is 2.19. The van der Waals surface area contributed by atoms with Crippen LogP contribution in [0, 0.1) is 0 Å². The third-order valence-electron chi connectivity index (χ3n) is 6.00. The number of amides is 1. The molecule has 0 saturated carbocycles. The summed E-state index contributed by atoms with van der Waals surface area (Å²) in [5.41, 5.74) is 1.03. The zero-order chi connectivity index (χ0) is 25.0. The lowest BCUT2D eigenvalue weighted by molar-refractivity contribution is -0.828. The molecule has 1 aromatic carbocycles. The molecule has 1 amide bonds. The van der Waals surface area contributed by atoms with Crippen LogP contribution in [0.25, 0.3) is 5.69 Å². The van der Waals surface area contributed by atoms with Gasteiger partial charge in [0.25, 0.3) is 5.56 Å². The van der Waals surface area contributed by atoms with Gasteiger partial charge in [0.15, 0.2) is 0 Å². The number of alkyl carbamates (subject to hydrolysis) is 2. The van der Waals surface area contributed by atoms with Gasteiger partial charge in [0.2, 0.25) is 0 Å². The number of likely N-dealkylation sites (N-methyl/N-ethyl adjacent to an activating group) is 1. The number of ether oxygens (including phenoxy) is 2. The van der Waals surface area contributed by atoms with Gasteiger partial charge in [0.05, 0.1) is 25.5 Å². The molecule has 0 bridgehead atoms. The zero-order valence-corrected chi connectivity index (χ0v) is 20.7. The Morgan fingerprint density at radius 3 is 2.57 bits per heavy atom. The predicted octanol–water partition coefficient (Wildman–Crippen LogP) is 2.84. The van der Waals surface area contributed by atoms with Crippen molar-refractivity contribution in [3.05, 3.63) is 82.9 Å². The van der Waals surface area contributed by atoms with E-state index in [1.165, 1.54) is 6.07 Å². The largest absolute Gasteiger partial charge is 0.514 e. The lowest BCUT2D eigenvalue weighted by Gasteiger charge is -2.24. The number of carbonyl (C=O) groups excluding carboxylic acids is 1. The van der Waals surface area contributed by atoms with Crippen LogP contribution in [-0.2, 0) is 11.3 Å². The van der Waals surface area contributed by atoms with Gasteiger partial charge < -0.3 is 14.4 Å². The van der Waals surface area contributed by atoms with Gasteiger partial charge >= 0.3 is 6.09 Å². The molecule has 8 nitrogen and oxygen atoms in total. The standard InChI is InChI=1S/C27H32N4O4/c1-27(2,3)35-26(33)29(4)22-12-14-30(18-22)24-11-10-21(17-28-24)31-15-13-23(16-25(31)32)34-19-20-8-6-5-7-9-20/h5-11,13,15-17,22H,12,14,18-19H2,1-4H3/p+1. The van der Waals surface area contributed by atoms with Crippen LogP contribution in [-0.4, -0.2) is 47.4 Å². The summed E-state index contributed by atoms with van der Waals surface area (Å²) in [4.78, 5) is 32.6. The van der Waals surface area contributed by atoms with Crippen LogP contribution in [0.1, 0.15) is 32.8 Å². The fourth-order valence-corrected chi connectivity index (χ4v) is 4.06. The quantitative estimate of drug-likeness (QED) is 0.588. The van der Waals surface area contributed by atoms with E-state index in [2.05, 4.69) is 9.88 Å². The molecule has 2 atom stereocenters. The number of aromatic nitrogens is 2. The first-order valence-electron chi connectivity index (χ1n) is 11.9. The van der Waals surface area contributed by atoms with Gasteiger partial charge in [-0.05, 0) is 44.5 Å². The normalized spacial score (nSPS) is 16.7. The Hall–Kier alpha value is -3.65. The molecule has 1 fully saturated rings. The number of pyridine rings is 2. The third-order valence-corrected chi connectivity index (χ3v) is 6.00. The van der Waals surface area contributed by atoms with Crippen LogP contribution in [0.3, 0.4) is 0 Å². The molecule has 4 rings (SSSR count). The summed E-state index contributed by atoms with van der Waals surface area (Å²) >= 11 is 0. The number of nitrogens with one attached hydrogen (secondary N) is 1. The smallest absolute Gasteiger partial charge is 0.489 e. The summed E-state index contributed by atoms with van der Waals surface area (Å²) in [5, 5.41) is 0. The van der Waals surface area contributed by atoms with Crippen LogP contribution in [0.15, 0.2) is 71.8 Å². The fraction of sp³-hybridized carbons (Fsp3) is 0.370. The second-order valence-electron chi connectivity index (χ2n) is 9.84. The van der Waals surface area contributed by atoms with Crippen LogP contribution in [0.2, 0.25) is 0 Å². The van der Waals surface area contributed by atoms with Gasteiger partial charge in [-0.1, -0.05) is 30.3 Å². The molecule has 184 valence electrons. The summed E-state index contributed by atoms with van der Waals surface area (Å²) in [6, 6.07) is 17.0. The zero-order valence-electron chi connectivity index (χ0n) is 20.7. The van der Waals surface area contributed by atoms with Crippen molar-refractivity contribution in [1.29, 1.82) is 0 Å². The molecule has 35 heavy (non-hydrogen) atoms. The molecule has 0 radical (unpaired) electrons. The summed E-state index contributed by atoms with van der Waals surface area (Å²) in [7, 11) is 1.86. The van der Waals surface area contributed by atoms with Crippen molar-refractivity contribution in [2.75, 3.05) is 25.0 Å². The van der Waals surface area contributed by atoms with Crippen molar-refractivity contribution in [3.8, 4) is 11.4 Å². The van der Waals surface area contributed by atoms with E-state index in [4.69, 9.17) is 9.47 Å². The first kappa shape index (κ1) is 24.5. The number of hydrogen-bond donors (Lipinski definition) is 1. The predicted molar refractivity (Wildman–Crippen MR) is 134 cm³/mol. The monoisotopic (exact) mass is 477 g/mol. The molecule has 1 aliphatic heterocycles. The molecule has 2 aromatic heterocycles. The number of carbonyl (C=O) groups is 1. The number of hydrogen-bond acceptors (Lipinski definition) is 6. The Balaban J connectivity index is 1.37. The average molecular weight is 478 g/mol. The van der Waals surface area contributed by atoms with E-state index in [0.29, 0.717) is 24.6 Å². The summed E-state index contributed by atoms with van der Waals surface area (Å²) < 4.78 is 12.8. The molecule has 3 aromatic rings. The Bertz CT molecular complexity index is 1200. The lowest BCUT2D eigenvalue weighted by atomic mass is 10.2. The summed E-state index contributed by atoms with van der Waals surface area (Å²) in [6.07, 6.45) is 4.03. The maximum absolute atomic E-state index is 12.7. The number of anilines is 1. The van der Waals surface area contributed by atoms with E-state index in [-0.39, 0.29) is 17.7 Å². The Kier molecular flexibility index (Phi) is 7.21. The summed E-state index contributed by atoms with van der Waals surface area (Å²) in [5.74, 6) is 1.35. The first-order chi connectivity index (χ1) is 16.7. The van der Waals surface area contributed by atoms with E-state index >= 15 is 0 Å². The van der Waals surface area contributed by atoms with Crippen molar-refractivity contribution < 1.29 is 19.2 Å². The highest BCUT2D eigenvalue weighted by Gasteiger charge is 2.35. The van der Waals surface area contributed by atoms with Crippen molar-refractivity contribution in [2.24, 2.45) is 0 Å². The van der Waals surface area contributed by atoms with Gasteiger partial charge in [0.1, 0.15) is 29.8 Å². The minimum Gasteiger partial charge on any atom is -0.489 e. The molecule has 0 spiro atoms. The second kappa shape index (κ2) is 10.3. The van der Waals surface area contributed by atoms with Gasteiger partial charge in [-0.15, -0.1) is 0 Å². The van der Waals surface area contributed by atoms with E-state index < -0.39 is 5.60 Å². The molecular formula is C27H33N4O4+. The fourth-order valence-electron chi connectivity index (χ4n) is 4.06.